The minimum absolute atomic E-state index is 0.0972. The summed E-state index contributed by atoms with van der Waals surface area (Å²) in [5, 5.41) is 5.54. The van der Waals surface area contributed by atoms with Crippen LogP contribution in [0.25, 0.3) is 0 Å². The van der Waals surface area contributed by atoms with Gasteiger partial charge in [0.05, 0.1) is 5.92 Å². The number of rotatable bonds is 4. The lowest BCUT2D eigenvalue weighted by atomic mass is 9.80. The number of Topliss-reactive ketones (excluding diaryl/α,β-unsaturated/α-hetero) is 1. The second-order valence-electron chi connectivity index (χ2n) is 6.16. The Morgan fingerprint density at radius 3 is 2.86 bits per heavy atom. The first-order valence-corrected chi connectivity index (χ1v) is 8.71. The summed E-state index contributed by atoms with van der Waals surface area (Å²) in [6.45, 7) is 0.848. The number of nitrogens with one attached hydrogen (secondary N) is 1. The van der Waals surface area contributed by atoms with E-state index in [9.17, 15) is 9.18 Å². The van der Waals surface area contributed by atoms with E-state index in [2.05, 4.69) is 16.8 Å². The van der Waals surface area contributed by atoms with Gasteiger partial charge >= 0.3 is 0 Å². The maximum Gasteiger partial charge on any atom is 0.145 e. The number of hydrogen-bond acceptors (Lipinski definition) is 3. The van der Waals surface area contributed by atoms with Gasteiger partial charge in [-0.2, -0.15) is 0 Å². The van der Waals surface area contributed by atoms with Crippen molar-refractivity contribution >= 4 is 17.1 Å². The molecule has 2 unspecified atom stereocenters. The Balaban J connectivity index is 1.79. The molecule has 0 bridgehead atoms. The first kappa shape index (κ1) is 14.1. The topological polar surface area (TPSA) is 29.1 Å². The minimum atomic E-state index is -0.414. The molecule has 1 aromatic carbocycles. The fraction of sp³-hybridized carbons (Fsp3) is 0.389. The molecule has 2 heterocycles. The summed E-state index contributed by atoms with van der Waals surface area (Å²) in [4.78, 5) is 14.2. The SMILES string of the molecule is O=C(C1CC1)C(c1ccccc1F)C1NCCc2sccc21. The Morgan fingerprint density at radius 2 is 2.09 bits per heavy atom. The van der Waals surface area contributed by atoms with Crippen molar-refractivity contribution in [1.29, 1.82) is 0 Å². The normalized spacial score (nSPS) is 22.1. The number of fused-ring (bicyclic) bond motifs is 1. The lowest BCUT2D eigenvalue weighted by Crippen LogP contribution is -2.37. The zero-order valence-corrected chi connectivity index (χ0v) is 13.0. The molecule has 1 saturated carbocycles. The van der Waals surface area contributed by atoms with Crippen LogP contribution in [0, 0.1) is 11.7 Å². The van der Waals surface area contributed by atoms with Crippen LogP contribution in [0.15, 0.2) is 35.7 Å². The quantitative estimate of drug-likeness (QED) is 0.929. The van der Waals surface area contributed by atoms with E-state index in [4.69, 9.17) is 0 Å². The van der Waals surface area contributed by atoms with E-state index < -0.39 is 5.92 Å². The minimum Gasteiger partial charge on any atom is -0.309 e. The fourth-order valence-electron chi connectivity index (χ4n) is 3.43. The van der Waals surface area contributed by atoms with Crippen molar-refractivity contribution in [2.24, 2.45) is 5.92 Å². The van der Waals surface area contributed by atoms with Gasteiger partial charge in [-0.1, -0.05) is 18.2 Å². The van der Waals surface area contributed by atoms with Crippen LogP contribution in [0.2, 0.25) is 0 Å². The first-order chi connectivity index (χ1) is 10.8. The third-order valence-electron chi connectivity index (χ3n) is 4.69. The average molecular weight is 315 g/mol. The zero-order chi connectivity index (χ0) is 15.1. The summed E-state index contributed by atoms with van der Waals surface area (Å²) < 4.78 is 14.4. The Labute approximate surface area is 133 Å². The van der Waals surface area contributed by atoms with Crippen LogP contribution in [0.4, 0.5) is 4.39 Å². The van der Waals surface area contributed by atoms with Gasteiger partial charge in [0.25, 0.3) is 0 Å². The highest BCUT2D eigenvalue weighted by atomic mass is 32.1. The van der Waals surface area contributed by atoms with Crippen LogP contribution in [0.5, 0.6) is 0 Å². The van der Waals surface area contributed by atoms with Gasteiger partial charge in [0.15, 0.2) is 0 Å². The van der Waals surface area contributed by atoms with E-state index >= 15 is 0 Å². The van der Waals surface area contributed by atoms with Gasteiger partial charge < -0.3 is 5.32 Å². The Hall–Kier alpha value is -1.52. The number of hydrogen-bond donors (Lipinski definition) is 1. The van der Waals surface area contributed by atoms with Crippen LogP contribution in [-0.2, 0) is 11.2 Å². The van der Waals surface area contributed by atoms with E-state index in [0.29, 0.717) is 5.56 Å². The molecule has 2 aromatic rings. The lowest BCUT2D eigenvalue weighted by Gasteiger charge is -2.31. The van der Waals surface area contributed by atoms with Crippen LogP contribution in [0.1, 0.15) is 40.8 Å². The molecule has 0 amide bonds. The van der Waals surface area contributed by atoms with Gasteiger partial charge in [-0.3, -0.25) is 4.79 Å². The second kappa shape index (κ2) is 5.60. The van der Waals surface area contributed by atoms with Crippen LogP contribution >= 0.6 is 11.3 Å². The number of carbonyl (C=O) groups is 1. The predicted molar refractivity (Wildman–Crippen MR) is 85.6 cm³/mol. The van der Waals surface area contributed by atoms with Gasteiger partial charge in [0, 0.05) is 28.9 Å². The Kier molecular flexibility index (Phi) is 3.59. The molecule has 1 N–H and O–H groups in total. The third kappa shape index (κ3) is 2.40. The number of halogens is 1. The van der Waals surface area contributed by atoms with Crippen molar-refractivity contribution in [1.82, 2.24) is 5.32 Å². The molecule has 4 rings (SSSR count). The van der Waals surface area contributed by atoms with Gasteiger partial charge in [-0.15, -0.1) is 11.3 Å². The van der Waals surface area contributed by atoms with Gasteiger partial charge in [0.2, 0.25) is 0 Å². The highest BCUT2D eigenvalue weighted by Gasteiger charge is 2.42. The number of ketones is 1. The highest BCUT2D eigenvalue weighted by Crippen LogP contribution is 2.44. The van der Waals surface area contributed by atoms with Crippen molar-refractivity contribution in [3.63, 3.8) is 0 Å². The molecule has 0 saturated heterocycles. The van der Waals surface area contributed by atoms with Crippen LogP contribution in [0.3, 0.4) is 0 Å². The van der Waals surface area contributed by atoms with Crippen molar-refractivity contribution in [2.45, 2.75) is 31.2 Å². The standard InChI is InChI=1S/C18H18FNOS/c19-14-4-2-1-3-12(14)16(18(21)11-5-6-11)17-13-8-10-22-15(13)7-9-20-17/h1-4,8,10-11,16-17,20H,5-7,9H2. The number of carbonyl (C=O) groups excluding carboxylic acids is 1. The highest BCUT2D eigenvalue weighted by molar-refractivity contribution is 7.10. The predicted octanol–water partition coefficient (Wildman–Crippen LogP) is 3.84. The molecule has 1 aromatic heterocycles. The van der Waals surface area contributed by atoms with E-state index in [1.54, 1.807) is 23.5 Å². The van der Waals surface area contributed by atoms with Crippen molar-refractivity contribution in [3.05, 3.63) is 57.5 Å². The second-order valence-corrected chi connectivity index (χ2v) is 7.16. The summed E-state index contributed by atoms with van der Waals surface area (Å²) >= 11 is 1.74. The summed E-state index contributed by atoms with van der Waals surface area (Å²) in [6, 6.07) is 8.72. The molecule has 4 heteroatoms. The smallest absolute Gasteiger partial charge is 0.145 e. The summed E-state index contributed by atoms with van der Waals surface area (Å²) in [5.41, 5.74) is 1.72. The summed E-state index contributed by atoms with van der Waals surface area (Å²) in [6.07, 6.45) is 2.89. The Bertz CT molecular complexity index is 707. The molecule has 1 fully saturated rings. The summed E-state index contributed by atoms with van der Waals surface area (Å²) in [5.74, 6) is -0.370. The molecule has 22 heavy (non-hydrogen) atoms. The molecule has 114 valence electrons. The average Bonchev–Trinajstić information content (AvgIpc) is 3.27. The van der Waals surface area contributed by atoms with E-state index in [-0.39, 0.29) is 23.6 Å². The van der Waals surface area contributed by atoms with Crippen molar-refractivity contribution in [2.75, 3.05) is 6.54 Å². The molecule has 2 aliphatic rings. The van der Waals surface area contributed by atoms with Gasteiger partial charge in [-0.25, -0.2) is 4.39 Å². The zero-order valence-electron chi connectivity index (χ0n) is 12.2. The van der Waals surface area contributed by atoms with Crippen LogP contribution in [-0.4, -0.2) is 12.3 Å². The first-order valence-electron chi connectivity index (χ1n) is 7.83. The largest absolute Gasteiger partial charge is 0.309 e. The van der Waals surface area contributed by atoms with Gasteiger partial charge in [-0.05, 0) is 42.3 Å². The van der Waals surface area contributed by atoms with Crippen molar-refractivity contribution in [3.8, 4) is 0 Å². The van der Waals surface area contributed by atoms with Crippen molar-refractivity contribution < 1.29 is 9.18 Å². The molecule has 1 aliphatic heterocycles. The molecule has 2 atom stereocenters. The van der Waals surface area contributed by atoms with E-state index in [1.165, 1.54) is 16.5 Å². The Morgan fingerprint density at radius 1 is 1.27 bits per heavy atom. The maximum absolute atomic E-state index is 14.4. The molecular formula is C18H18FNOS. The molecule has 2 nitrogen and oxygen atoms in total. The van der Waals surface area contributed by atoms with E-state index in [1.807, 2.05) is 6.07 Å². The van der Waals surface area contributed by atoms with Gasteiger partial charge in [0.1, 0.15) is 11.6 Å². The molecule has 1 aliphatic carbocycles. The number of thiophene rings is 1. The fourth-order valence-corrected chi connectivity index (χ4v) is 4.36. The molecule has 0 spiro atoms. The van der Waals surface area contributed by atoms with E-state index in [0.717, 1.165) is 25.8 Å². The lowest BCUT2D eigenvalue weighted by molar-refractivity contribution is -0.122. The third-order valence-corrected chi connectivity index (χ3v) is 5.69. The van der Waals surface area contributed by atoms with Crippen LogP contribution < -0.4 is 5.32 Å². The summed E-state index contributed by atoms with van der Waals surface area (Å²) in [7, 11) is 0. The molecule has 0 radical (unpaired) electrons. The molecular weight excluding hydrogens is 297 g/mol. The number of benzene rings is 1. The maximum atomic E-state index is 14.4. The monoisotopic (exact) mass is 315 g/mol.